The van der Waals surface area contributed by atoms with Crippen molar-refractivity contribution in [2.45, 2.75) is 336 Å². The maximum Gasteiger partial charge on any atom is 0.306 e. The Kier molecular flexibility index (Phi) is 51.1. The standard InChI is InChI=1S/C58H112O6/c1-5-7-9-11-13-15-17-19-21-22-23-24-26-28-30-34-38-42-46-50-57(60)63-53-55(64-58(61)51-47-43-39-35-31-32-36-40-44-48-54(3)4)52-62-56(59)49-45-41-37-33-29-27-25-20-18-16-14-12-10-8-6-2/h54-55H,5-53H2,1-4H3/t55-/m1/s1. The summed E-state index contributed by atoms with van der Waals surface area (Å²) in [4.78, 5) is 38.1. The van der Waals surface area contributed by atoms with Gasteiger partial charge in [0.05, 0.1) is 0 Å². The van der Waals surface area contributed by atoms with Crippen LogP contribution in [0, 0.1) is 5.92 Å². The van der Waals surface area contributed by atoms with Gasteiger partial charge in [0.25, 0.3) is 0 Å². The normalized spacial score (nSPS) is 12.0. The summed E-state index contributed by atoms with van der Waals surface area (Å²) in [7, 11) is 0. The summed E-state index contributed by atoms with van der Waals surface area (Å²) in [5, 5.41) is 0. The van der Waals surface area contributed by atoms with Gasteiger partial charge in [-0.25, -0.2) is 0 Å². The Bertz CT molecular complexity index is 964. The number of esters is 3. The van der Waals surface area contributed by atoms with Gasteiger partial charge in [-0.05, 0) is 25.2 Å². The third kappa shape index (κ3) is 51.4. The first-order valence-electron chi connectivity index (χ1n) is 28.9. The molecular formula is C58H112O6. The Balaban J connectivity index is 4.25. The number of carbonyl (C=O) groups excluding carboxylic acids is 3. The van der Waals surface area contributed by atoms with Gasteiger partial charge >= 0.3 is 17.9 Å². The average Bonchev–Trinajstić information content (AvgIpc) is 3.28. The molecule has 6 heteroatoms. The van der Waals surface area contributed by atoms with Crippen molar-refractivity contribution in [2.24, 2.45) is 5.92 Å². The van der Waals surface area contributed by atoms with Crippen LogP contribution in [0.1, 0.15) is 329 Å². The molecule has 380 valence electrons. The minimum atomic E-state index is -0.762. The molecule has 0 saturated carbocycles. The van der Waals surface area contributed by atoms with Crippen LogP contribution in [0.25, 0.3) is 0 Å². The van der Waals surface area contributed by atoms with Gasteiger partial charge < -0.3 is 14.2 Å². The fourth-order valence-electron chi connectivity index (χ4n) is 8.92. The molecule has 0 aliphatic rings. The summed E-state index contributed by atoms with van der Waals surface area (Å²) in [6.07, 6.45) is 56.7. The highest BCUT2D eigenvalue weighted by Gasteiger charge is 2.19. The number of carbonyl (C=O) groups is 3. The van der Waals surface area contributed by atoms with Gasteiger partial charge in [-0.15, -0.1) is 0 Å². The molecule has 6 nitrogen and oxygen atoms in total. The lowest BCUT2D eigenvalue weighted by Crippen LogP contribution is -2.30. The van der Waals surface area contributed by atoms with Gasteiger partial charge in [-0.2, -0.15) is 0 Å². The molecule has 64 heavy (non-hydrogen) atoms. The fraction of sp³-hybridized carbons (Fsp3) is 0.948. The molecule has 0 aliphatic heterocycles. The Labute approximate surface area is 399 Å². The third-order valence-corrected chi connectivity index (χ3v) is 13.3. The Morgan fingerprint density at radius 1 is 0.297 bits per heavy atom. The molecular weight excluding hydrogens is 793 g/mol. The third-order valence-electron chi connectivity index (χ3n) is 13.3. The maximum atomic E-state index is 12.8. The van der Waals surface area contributed by atoms with Crippen LogP contribution in [0.5, 0.6) is 0 Å². The number of hydrogen-bond acceptors (Lipinski definition) is 6. The number of rotatable bonds is 53. The highest BCUT2D eigenvalue weighted by molar-refractivity contribution is 5.71. The van der Waals surface area contributed by atoms with Gasteiger partial charge in [-0.3, -0.25) is 14.4 Å². The molecule has 0 aliphatic carbocycles. The average molecular weight is 906 g/mol. The lowest BCUT2D eigenvalue weighted by Gasteiger charge is -2.18. The first kappa shape index (κ1) is 62.4. The van der Waals surface area contributed by atoms with Crippen LogP contribution < -0.4 is 0 Å². The quantitative estimate of drug-likeness (QED) is 0.0344. The molecule has 0 rings (SSSR count). The van der Waals surface area contributed by atoms with Crippen molar-refractivity contribution in [1.29, 1.82) is 0 Å². The number of unbranched alkanes of at least 4 members (excludes halogenated alkanes) is 40. The van der Waals surface area contributed by atoms with Crippen molar-refractivity contribution in [3.63, 3.8) is 0 Å². The zero-order chi connectivity index (χ0) is 46.7. The highest BCUT2D eigenvalue weighted by Crippen LogP contribution is 2.18. The van der Waals surface area contributed by atoms with Crippen LogP contribution in [0.2, 0.25) is 0 Å². The summed E-state index contributed by atoms with van der Waals surface area (Å²) < 4.78 is 16.9. The number of ether oxygens (including phenoxy) is 3. The van der Waals surface area contributed by atoms with Crippen LogP contribution in [-0.4, -0.2) is 37.2 Å². The lowest BCUT2D eigenvalue weighted by molar-refractivity contribution is -0.167. The zero-order valence-corrected chi connectivity index (χ0v) is 43.8. The Hall–Kier alpha value is -1.59. The van der Waals surface area contributed by atoms with E-state index in [1.807, 2.05) is 0 Å². The molecule has 0 aromatic heterocycles. The smallest absolute Gasteiger partial charge is 0.306 e. The van der Waals surface area contributed by atoms with Crippen molar-refractivity contribution in [3.8, 4) is 0 Å². The topological polar surface area (TPSA) is 78.9 Å². The predicted molar refractivity (Wildman–Crippen MR) is 275 cm³/mol. The van der Waals surface area contributed by atoms with Crippen molar-refractivity contribution in [2.75, 3.05) is 13.2 Å². The van der Waals surface area contributed by atoms with E-state index in [0.29, 0.717) is 19.3 Å². The molecule has 0 heterocycles. The van der Waals surface area contributed by atoms with Crippen molar-refractivity contribution < 1.29 is 28.6 Å². The summed E-state index contributed by atoms with van der Waals surface area (Å²) in [5.74, 6) is -0.0322. The van der Waals surface area contributed by atoms with Gasteiger partial charge in [0, 0.05) is 19.3 Å². The molecule has 0 unspecified atom stereocenters. The molecule has 0 bridgehead atoms. The second-order valence-electron chi connectivity index (χ2n) is 20.4. The van der Waals surface area contributed by atoms with E-state index in [2.05, 4.69) is 27.7 Å². The van der Waals surface area contributed by atoms with E-state index in [1.54, 1.807) is 0 Å². The minimum Gasteiger partial charge on any atom is -0.462 e. The van der Waals surface area contributed by atoms with E-state index in [-0.39, 0.29) is 31.1 Å². The lowest BCUT2D eigenvalue weighted by atomic mass is 10.0. The SMILES string of the molecule is CCCCCCCCCCCCCCCCCCCCCC(=O)OC[C@@H](COC(=O)CCCCCCCCCCCCCCCCC)OC(=O)CCCCCCCCCCCC(C)C. The van der Waals surface area contributed by atoms with E-state index in [9.17, 15) is 14.4 Å². The van der Waals surface area contributed by atoms with Gasteiger partial charge in [-0.1, -0.05) is 291 Å². The van der Waals surface area contributed by atoms with Crippen LogP contribution in [0.3, 0.4) is 0 Å². The molecule has 0 aromatic carbocycles. The van der Waals surface area contributed by atoms with Crippen LogP contribution in [0.15, 0.2) is 0 Å². The summed E-state index contributed by atoms with van der Waals surface area (Å²) in [6, 6.07) is 0. The molecule has 0 saturated heterocycles. The number of hydrogen-bond donors (Lipinski definition) is 0. The molecule has 0 aromatic rings. The van der Waals surface area contributed by atoms with Crippen molar-refractivity contribution in [1.82, 2.24) is 0 Å². The fourth-order valence-corrected chi connectivity index (χ4v) is 8.92. The van der Waals surface area contributed by atoms with Gasteiger partial charge in [0.15, 0.2) is 6.10 Å². The van der Waals surface area contributed by atoms with Crippen LogP contribution >= 0.6 is 0 Å². The Morgan fingerprint density at radius 2 is 0.516 bits per heavy atom. The molecule has 0 radical (unpaired) electrons. The maximum absolute atomic E-state index is 12.8. The second kappa shape index (κ2) is 52.4. The van der Waals surface area contributed by atoms with Crippen LogP contribution in [-0.2, 0) is 28.6 Å². The molecule has 0 amide bonds. The van der Waals surface area contributed by atoms with Crippen molar-refractivity contribution in [3.05, 3.63) is 0 Å². The van der Waals surface area contributed by atoms with Crippen LogP contribution in [0.4, 0.5) is 0 Å². The summed E-state index contributed by atoms with van der Waals surface area (Å²) in [6.45, 7) is 9.03. The van der Waals surface area contributed by atoms with Gasteiger partial charge in [0.2, 0.25) is 0 Å². The van der Waals surface area contributed by atoms with E-state index in [4.69, 9.17) is 14.2 Å². The van der Waals surface area contributed by atoms with E-state index in [0.717, 1.165) is 63.7 Å². The first-order chi connectivity index (χ1) is 31.4. The predicted octanol–water partition coefficient (Wildman–Crippen LogP) is 19.0. The monoisotopic (exact) mass is 905 g/mol. The van der Waals surface area contributed by atoms with Crippen molar-refractivity contribution >= 4 is 17.9 Å². The molecule has 1 atom stereocenters. The van der Waals surface area contributed by atoms with E-state index >= 15 is 0 Å². The van der Waals surface area contributed by atoms with E-state index < -0.39 is 6.10 Å². The van der Waals surface area contributed by atoms with Gasteiger partial charge in [0.1, 0.15) is 13.2 Å². The highest BCUT2D eigenvalue weighted by atomic mass is 16.6. The molecule has 0 N–H and O–H groups in total. The minimum absolute atomic E-state index is 0.0624. The van der Waals surface area contributed by atoms with E-state index in [1.165, 1.54) is 225 Å². The first-order valence-corrected chi connectivity index (χ1v) is 28.9. The molecule has 0 fully saturated rings. The second-order valence-corrected chi connectivity index (χ2v) is 20.4. The largest absolute Gasteiger partial charge is 0.462 e. The molecule has 0 spiro atoms. The zero-order valence-electron chi connectivity index (χ0n) is 43.8. The summed E-state index contributed by atoms with van der Waals surface area (Å²) in [5.41, 5.74) is 0. The Morgan fingerprint density at radius 3 is 0.766 bits per heavy atom. The summed E-state index contributed by atoms with van der Waals surface area (Å²) >= 11 is 0.